The molecule has 6 nitrogen and oxygen atoms in total. The molecule has 2 N–H and O–H groups in total. The first-order valence-corrected chi connectivity index (χ1v) is 6.95. The van der Waals surface area contributed by atoms with Crippen LogP contribution in [-0.2, 0) is 14.3 Å². The minimum Gasteiger partial charge on any atom is -0.446 e. The van der Waals surface area contributed by atoms with Crippen LogP contribution in [0.3, 0.4) is 0 Å². The Bertz CT molecular complexity index is 448. The molecule has 2 fully saturated rings. The largest absolute Gasteiger partial charge is 0.446 e. The molecule has 1 heterocycles. The molecular formula is C13H18ClNO5. The van der Waals surface area contributed by atoms with Gasteiger partial charge >= 0.3 is 6.09 Å². The van der Waals surface area contributed by atoms with Gasteiger partial charge in [-0.1, -0.05) is 6.58 Å². The third-order valence-corrected chi connectivity index (χ3v) is 4.23. The molecule has 0 unspecified atom stereocenters. The maximum absolute atomic E-state index is 11.5. The van der Waals surface area contributed by atoms with Crippen molar-refractivity contribution in [1.82, 2.24) is 5.32 Å². The number of aliphatic hydroxyl groups is 1. The van der Waals surface area contributed by atoms with E-state index in [1.165, 1.54) is 0 Å². The Morgan fingerprint density at radius 3 is 2.75 bits per heavy atom. The summed E-state index contributed by atoms with van der Waals surface area (Å²) < 4.78 is 10.6. The molecule has 112 valence electrons. The minimum atomic E-state index is -1.20. The van der Waals surface area contributed by atoms with Crippen molar-refractivity contribution in [3.8, 4) is 0 Å². The number of carbonyl (C=O) groups is 2. The molecule has 1 saturated heterocycles. The number of epoxide rings is 1. The number of alkyl carbamates (subject to hydrolysis) is 1. The van der Waals surface area contributed by atoms with Gasteiger partial charge < -0.3 is 14.6 Å². The van der Waals surface area contributed by atoms with Crippen molar-refractivity contribution < 1.29 is 24.2 Å². The molecule has 0 aromatic rings. The second kappa shape index (κ2) is 5.35. The summed E-state index contributed by atoms with van der Waals surface area (Å²) in [5.74, 6) is -0.934. The van der Waals surface area contributed by atoms with Crippen LogP contribution in [0.1, 0.15) is 26.2 Å². The van der Waals surface area contributed by atoms with Crippen LogP contribution < -0.4 is 5.32 Å². The number of hydrogen-bond acceptors (Lipinski definition) is 5. The quantitative estimate of drug-likeness (QED) is 0.463. The van der Waals surface area contributed by atoms with Gasteiger partial charge in [-0.2, -0.15) is 0 Å². The van der Waals surface area contributed by atoms with Crippen molar-refractivity contribution in [2.45, 2.75) is 43.5 Å². The fourth-order valence-corrected chi connectivity index (χ4v) is 2.75. The van der Waals surface area contributed by atoms with Crippen LogP contribution in [0.5, 0.6) is 0 Å². The molecule has 2 aliphatic rings. The van der Waals surface area contributed by atoms with Gasteiger partial charge in [0, 0.05) is 6.42 Å². The molecule has 3 atom stereocenters. The average molecular weight is 304 g/mol. The van der Waals surface area contributed by atoms with Gasteiger partial charge in [-0.15, -0.1) is 11.6 Å². The number of nitrogens with one attached hydrogen (secondary N) is 1. The number of alkyl halides is 1. The van der Waals surface area contributed by atoms with E-state index >= 15 is 0 Å². The first-order valence-electron chi connectivity index (χ1n) is 6.42. The van der Waals surface area contributed by atoms with E-state index in [0.29, 0.717) is 25.0 Å². The Hall–Kier alpha value is -1.11. The topological polar surface area (TPSA) is 88.2 Å². The van der Waals surface area contributed by atoms with Gasteiger partial charge in [-0.05, 0) is 25.3 Å². The molecule has 0 bridgehead atoms. The number of imide groups is 1. The Morgan fingerprint density at radius 2 is 2.25 bits per heavy atom. The van der Waals surface area contributed by atoms with Crippen molar-refractivity contribution >= 4 is 23.6 Å². The van der Waals surface area contributed by atoms with Crippen LogP contribution in [-0.4, -0.2) is 46.9 Å². The molecule has 1 spiro atoms. The number of rotatable bonds is 3. The van der Waals surface area contributed by atoms with Gasteiger partial charge in [-0.3, -0.25) is 10.1 Å². The summed E-state index contributed by atoms with van der Waals surface area (Å²) in [5, 5.41) is 12.7. The number of ether oxygens (including phenoxy) is 2. The highest BCUT2D eigenvalue weighted by Crippen LogP contribution is 2.52. The Balaban J connectivity index is 1.97. The monoisotopic (exact) mass is 303 g/mol. The van der Waals surface area contributed by atoms with Crippen molar-refractivity contribution in [3.63, 3.8) is 0 Å². The number of carbonyl (C=O) groups excluding carboxylic acids is 2. The van der Waals surface area contributed by atoms with E-state index in [1.807, 2.05) is 5.32 Å². The van der Waals surface area contributed by atoms with E-state index < -0.39 is 29.3 Å². The third-order valence-electron chi connectivity index (χ3n) is 3.98. The first-order chi connectivity index (χ1) is 9.33. The van der Waals surface area contributed by atoms with Gasteiger partial charge in [0.05, 0.1) is 6.61 Å². The number of hydrogen-bond donors (Lipinski definition) is 2. The van der Waals surface area contributed by atoms with E-state index in [-0.39, 0.29) is 12.3 Å². The summed E-state index contributed by atoms with van der Waals surface area (Å²) >= 11 is 5.28. The van der Waals surface area contributed by atoms with Crippen LogP contribution in [0.2, 0.25) is 0 Å². The van der Waals surface area contributed by atoms with E-state index in [2.05, 4.69) is 6.58 Å². The lowest BCUT2D eigenvalue weighted by atomic mass is 9.70. The summed E-state index contributed by atoms with van der Waals surface area (Å²) in [6.45, 7) is 6.01. The lowest BCUT2D eigenvalue weighted by molar-refractivity contribution is -0.118. The van der Waals surface area contributed by atoms with Crippen molar-refractivity contribution in [2.24, 2.45) is 0 Å². The summed E-state index contributed by atoms with van der Waals surface area (Å²) in [4.78, 5) is 22.5. The zero-order valence-corrected chi connectivity index (χ0v) is 12.0. The molecule has 1 aliphatic carbocycles. The van der Waals surface area contributed by atoms with Gasteiger partial charge in [-0.25, -0.2) is 4.79 Å². The minimum absolute atomic E-state index is 0.213. The van der Waals surface area contributed by atoms with Crippen molar-refractivity contribution in [2.75, 3.05) is 12.5 Å². The van der Waals surface area contributed by atoms with E-state index in [0.717, 1.165) is 0 Å². The van der Waals surface area contributed by atoms with Gasteiger partial charge in [0.2, 0.25) is 5.91 Å². The van der Waals surface area contributed by atoms with Crippen molar-refractivity contribution in [3.05, 3.63) is 12.2 Å². The molecular weight excluding hydrogens is 286 g/mol. The third kappa shape index (κ3) is 2.68. The fourth-order valence-electron chi connectivity index (χ4n) is 2.68. The predicted molar refractivity (Wildman–Crippen MR) is 71.4 cm³/mol. The molecule has 0 aromatic carbocycles. The highest BCUT2D eigenvalue weighted by atomic mass is 35.5. The molecule has 0 radical (unpaired) electrons. The van der Waals surface area contributed by atoms with Gasteiger partial charge in [0.25, 0.3) is 0 Å². The second-order valence-electron chi connectivity index (χ2n) is 5.38. The molecule has 20 heavy (non-hydrogen) atoms. The highest BCUT2D eigenvalue weighted by Gasteiger charge is 2.64. The predicted octanol–water partition coefficient (Wildman–Crippen LogP) is 1.11. The van der Waals surface area contributed by atoms with Crippen LogP contribution in [0.25, 0.3) is 0 Å². The highest BCUT2D eigenvalue weighted by molar-refractivity contribution is 6.28. The van der Waals surface area contributed by atoms with E-state index in [4.69, 9.17) is 21.1 Å². The Labute approximate surface area is 122 Å². The molecule has 1 aliphatic heterocycles. The van der Waals surface area contributed by atoms with E-state index in [1.54, 1.807) is 6.92 Å². The van der Waals surface area contributed by atoms with Crippen LogP contribution >= 0.6 is 11.6 Å². The SMILES string of the molecule is C=C(C)[C@@]1(O)C[C@H](OC(=O)NC(=O)CCl)CC[C@]12CO2. The van der Waals surface area contributed by atoms with Gasteiger partial charge in [0.15, 0.2) is 0 Å². The maximum Gasteiger partial charge on any atom is 0.414 e. The molecule has 0 aromatic heterocycles. The smallest absolute Gasteiger partial charge is 0.414 e. The fraction of sp³-hybridized carbons (Fsp3) is 0.692. The van der Waals surface area contributed by atoms with Crippen LogP contribution in [0.4, 0.5) is 4.79 Å². The molecule has 2 amide bonds. The Morgan fingerprint density at radius 1 is 1.60 bits per heavy atom. The normalized spacial score (nSPS) is 35.5. The molecule has 2 rings (SSSR count). The van der Waals surface area contributed by atoms with E-state index in [9.17, 15) is 14.7 Å². The zero-order chi connectivity index (χ0) is 15.0. The summed E-state index contributed by atoms with van der Waals surface area (Å²) in [6, 6.07) is 0. The number of halogens is 1. The lowest BCUT2D eigenvalue weighted by Gasteiger charge is -2.41. The molecule has 1 saturated carbocycles. The summed E-state index contributed by atoms with van der Waals surface area (Å²) in [5.41, 5.74) is -1.20. The number of amides is 2. The summed E-state index contributed by atoms with van der Waals surface area (Å²) in [6.07, 6.45) is 0.0210. The zero-order valence-electron chi connectivity index (χ0n) is 11.3. The standard InChI is InChI=1S/C13H18ClNO5/c1-8(2)13(18)5-9(3-4-12(13)7-19-12)20-11(17)15-10(16)6-14/h9,18H,1,3-7H2,2H3,(H,15,16,17)/t9-,12+,13+/m1/s1. The first kappa shape index (κ1) is 15.3. The lowest BCUT2D eigenvalue weighted by Crippen LogP contribution is -2.53. The average Bonchev–Trinajstić information content (AvgIpc) is 3.15. The van der Waals surface area contributed by atoms with Gasteiger partial charge in [0.1, 0.15) is 23.2 Å². The van der Waals surface area contributed by atoms with Crippen molar-refractivity contribution in [1.29, 1.82) is 0 Å². The van der Waals surface area contributed by atoms with Crippen LogP contribution in [0, 0.1) is 0 Å². The van der Waals surface area contributed by atoms with Crippen LogP contribution in [0.15, 0.2) is 12.2 Å². The second-order valence-corrected chi connectivity index (χ2v) is 5.64. The Kier molecular flexibility index (Phi) is 4.09. The molecule has 7 heteroatoms. The maximum atomic E-state index is 11.5. The summed E-state index contributed by atoms with van der Waals surface area (Å²) in [7, 11) is 0.